The second-order valence-electron chi connectivity index (χ2n) is 6.11. The van der Waals surface area contributed by atoms with Crippen LogP contribution in [0.1, 0.15) is 16.5 Å². The van der Waals surface area contributed by atoms with Gasteiger partial charge in [-0.25, -0.2) is 4.98 Å². The lowest BCUT2D eigenvalue weighted by Gasteiger charge is -2.16. The Bertz CT molecular complexity index is 1070. The minimum Gasteiger partial charge on any atom is -0.439 e. The van der Waals surface area contributed by atoms with Crippen molar-refractivity contribution < 1.29 is 36.7 Å². The maximum absolute atomic E-state index is 12.6. The van der Waals surface area contributed by atoms with E-state index in [1.807, 2.05) is 0 Å². The van der Waals surface area contributed by atoms with Crippen molar-refractivity contribution in [2.75, 3.05) is 0 Å². The summed E-state index contributed by atoms with van der Waals surface area (Å²) in [6.45, 7) is -6.48. The molecule has 1 unspecified atom stereocenters. The van der Waals surface area contributed by atoms with E-state index >= 15 is 0 Å². The molecule has 0 N–H and O–H groups in total. The van der Waals surface area contributed by atoms with E-state index < -0.39 is 35.0 Å². The van der Waals surface area contributed by atoms with E-state index in [0.29, 0.717) is 11.3 Å². The zero-order valence-corrected chi connectivity index (χ0v) is 16.6. The van der Waals surface area contributed by atoms with Crippen LogP contribution in [0.3, 0.4) is 0 Å². The predicted molar refractivity (Wildman–Crippen MR) is 105 cm³/mol. The summed E-state index contributed by atoms with van der Waals surface area (Å²) in [6, 6.07) is 11.9. The summed E-state index contributed by atoms with van der Waals surface area (Å²) >= 11 is 6.38. The van der Waals surface area contributed by atoms with Crippen LogP contribution < -0.4 is 14.2 Å². The van der Waals surface area contributed by atoms with Crippen molar-refractivity contribution in [2.45, 2.75) is 18.6 Å². The molecule has 0 aliphatic carbocycles. The number of nitro benzene ring substituents is 1. The number of nitrogens with zero attached hydrogens (tertiary/aromatic N) is 2. The third-order valence-corrected chi connectivity index (χ3v) is 4.52. The topological polar surface area (TPSA) is 83.7 Å². The number of nitro groups is 1. The lowest BCUT2D eigenvalue weighted by molar-refractivity contribution is -0.384. The Morgan fingerprint density at radius 1 is 0.875 bits per heavy atom. The number of benzene rings is 2. The van der Waals surface area contributed by atoms with Crippen LogP contribution in [0.25, 0.3) is 0 Å². The molecule has 12 heteroatoms. The van der Waals surface area contributed by atoms with Gasteiger partial charge in [0.2, 0.25) is 5.88 Å². The van der Waals surface area contributed by atoms with E-state index in [1.165, 1.54) is 42.6 Å². The number of hydrogen-bond donors (Lipinski definition) is 0. The van der Waals surface area contributed by atoms with Gasteiger partial charge in [0.1, 0.15) is 5.75 Å². The highest BCUT2D eigenvalue weighted by molar-refractivity contribution is 6.22. The monoisotopic (exact) mass is 472 g/mol. The highest BCUT2D eigenvalue weighted by Crippen LogP contribution is 2.37. The summed E-state index contributed by atoms with van der Waals surface area (Å²) in [7, 11) is 0. The molecule has 0 amide bonds. The molecule has 0 saturated carbocycles. The fourth-order valence-corrected chi connectivity index (χ4v) is 2.88. The molecule has 7 nitrogen and oxygen atoms in total. The van der Waals surface area contributed by atoms with E-state index in [9.17, 15) is 27.7 Å². The molecule has 0 spiro atoms. The third kappa shape index (κ3) is 5.97. The highest BCUT2D eigenvalue weighted by atomic mass is 35.5. The van der Waals surface area contributed by atoms with Crippen LogP contribution in [0.15, 0.2) is 60.8 Å². The van der Waals surface area contributed by atoms with Crippen LogP contribution in [0.5, 0.6) is 23.1 Å². The van der Waals surface area contributed by atoms with Crippen LogP contribution in [0.4, 0.5) is 23.2 Å². The van der Waals surface area contributed by atoms with E-state index in [2.05, 4.69) is 14.5 Å². The van der Waals surface area contributed by atoms with E-state index in [4.69, 9.17) is 16.3 Å². The summed E-state index contributed by atoms with van der Waals surface area (Å²) in [4.78, 5) is 14.2. The minimum atomic E-state index is -3.25. The molecule has 0 fully saturated rings. The molecule has 1 heterocycles. The Labute approximate surface area is 183 Å². The molecule has 0 radical (unpaired) electrons. The van der Waals surface area contributed by atoms with E-state index in [0.717, 1.165) is 12.1 Å². The van der Waals surface area contributed by atoms with Crippen LogP contribution in [-0.4, -0.2) is 23.1 Å². The first-order valence-electron chi connectivity index (χ1n) is 8.79. The maximum Gasteiger partial charge on any atom is 0.387 e. The Kier molecular flexibility index (Phi) is 7.31. The van der Waals surface area contributed by atoms with Crippen LogP contribution in [-0.2, 0) is 0 Å². The van der Waals surface area contributed by atoms with Crippen molar-refractivity contribution in [2.24, 2.45) is 0 Å². The average molecular weight is 473 g/mol. The van der Waals surface area contributed by atoms with Gasteiger partial charge in [-0.1, -0.05) is 12.1 Å². The molecule has 3 rings (SSSR count). The Morgan fingerprint density at radius 3 is 2.06 bits per heavy atom. The number of aromatic nitrogens is 1. The summed E-state index contributed by atoms with van der Waals surface area (Å²) < 4.78 is 64.1. The molecule has 32 heavy (non-hydrogen) atoms. The molecule has 168 valence electrons. The SMILES string of the molecule is O=[N+]([O-])c1ccc(Oc2ccc(C(Cl)c3ccc(OC(F)F)c(OC(F)F)c3)cn2)cc1. The molecule has 0 bridgehead atoms. The zero-order chi connectivity index (χ0) is 23.3. The smallest absolute Gasteiger partial charge is 0.387 e. The first-order valence-corrected chi connectivity index (χ1v) is 9.22. The van der Waals surface area contributed by atoms with Crippen LogP contribution in [0, 0.1) is 10.1 Å². The van der Waals surface area contributed by atoms with E-state index in [-0.39, 0.29) is 17.1 Å². The van der Waals surface area contributed by atoms with Crippen molar-refractivity contribution in [3.63, 3.8) is 0 Å². The number of non-ortho nitro benzene ring substituents is 1. The summed E-state index contributed by atoms with van der Waals surface area (Å²) in [5, 5.41) is 9.80. The van der Waals surface area contributed by atoms with Gasteiger partial charge in [0.15, 0.2) is 11.5 Å². The molecule has 0 aliphatic rings. The number of halogens is 5. The first kappa shape index (κ1) is 23.1. The minimum absolute atomic E-state index is 0.0919. The number of pyridine rings is 1. The van der Waals surface area contributed by atoms with Gasteiger partial charge in [-0.2, -0.15) is 17.6 Å². The van der Waals surface area contributed by atoms with Gasteiger partial charge >= 0.3 is 13.2 Å². The quantitative estimate of drug-likeness (QED) is 0.157. The maximum atomic E-state index is 12.6. The Morgan fingerprint density at radius 2 is 1.50 bits per heavy atom. The van der Waals surface area contributed by atoms with Crippen molar-refractivity contribution in [3.05, 3.63) is 82.0 Å². The number of hydrogen-bond acceptors (Lipinski definition) is 6. The molecular weight excluding hydrogens is 460 g/mol. The zero-order valence-electron chi connectivity index (χ0n) is 15.8. The van der Waals surface area contributed by atoms with Gasteiger partial charge in [0, 0.05) is 24.4 Å². The normalized spacial score (nSPS) is 12.0. The third-order valence-electron chi connectivity index (χ3n) is 4.01. The van der Waals surface area contributed by atoms with Crippen LogP contribution in [0.2, 0.25) is 0 Å². The molecule has 0 aliphatic heterocycles. The van der Waals surface area contributed by atoms with Crippen molar-refractivity contribution in [1.29, 1.82) is 0 Å². The number of alkyl halides is 5. The fraction of sp³-hybridized carbons (Fsp3) is 0.150. The van der Waals surface area contributed by atoms with E-state index in [1.54, 1.807) is 6.07 Å². The van der Waals surface area contributed by atoms with Gasteiger partial charge < -0.3 is 14.2 Å². The van der Waals surface area contributed by atoms with Gasteiger partial charge in [0.05, 0.1) is 10.3 Å². The largest absolute Gasteiger partial charge is 0.439 e. The van der Waals surface area contributed by atoms with Crippen molar-refractivity contribution in [1.82, 2.24) is 4.98 Å². The lowest BCUT2D eigenvalue weighted by atomic mass is 10.1. The average Bonchev–Trinajstić information content (AvgIpc) is 2.75. The summed E-state index contributed by atoms with van der Waals surface area (Å²) in [6.07, 6.45) is 1.37. The highest BCUT2D eigenvalue weighted by Gasteiger charge is 2.19. The molecule has 3 aromatic rings. The second-order valence-corrected chi connectivity index (χ2v) is 6.55. The Hall–Kier alpha value is -3.60. The molecule has 1 atom stereocenters. The number of rotatable bonds is 9. The number of ether oxygens (including phenoxy) is 3. The first-order chi connectivity index (χ1) is 15.2. The summed E-state index contributed by atoms with van der Waals surface area (Å²) in [5.74, 6) is -0.650. The van der Waals surface area contributed by atoms with Crippen molar-refractivity contribution in [3.8, 4) is 23.1 Å². The summed E-state index contributed by atoms with van der Waals surface area (Å²) in [5.41, 5.74) is 0.633. The molecule has 1 aromatic heterocycles. The van der Waals surface area contributed by atoms with Crippen LogP contribution >= 0.6 is 11.6 Å². The Balaban J connectivity index is 1.75. The molecular formula is C20H13ClF4N2O5. The predicted octanol–water partition coefficient (Wildman–Crippen LogP) is 6.31. The standard InChI is InChI=1S/C20H13ClF4N2O5/c21-18(11-1-7-15(31-19(22)23)16(9-11)32-20(24)25)12-2-8-17(26-10-12)30-14-5-3-13(4-6-14)27(28)29/h1-10,18-20H. The van der Waals surface area contributed by atoms with Gasteiger partial charge in [-0.3, -0.25) is 10.1 Å². The van der Waals surface area contributed by atoms with Crippen molar-refractivity contribution >= 4 is 17.3 Å². The second kappa shape index (κ2) is 10.1. The fourth-order valence-electron chi connectivity index (χ4n) is 2.61. The lowest BCUT2D eigenvalue weighted by Crippen LogP contribution is -2.08. The molecule has 2 aromatic carbocycles. The van der Waals surface area contributed by atoms with Gasteiger partial charge in [-0.05, 0) is 35.4 Å². The molecule has 0 saturated heterocycles. The van der Waals surface area contributed by atoms with Gasteiger partial charge in [0.25, 0.3) is 5.69 Å². The van der Waals surface area contributed by atoms with Gasteiger partial charge in [-0.15, -0.1) is 11.6 Å².